The molecule has 3 aromatic rings. The molecule has 2 aliphatic heterocycles. The highest BCUT2D eigenvalue weighted by Crippen LogP contribution is 2.33. The van der Waals surface area contributed by atoms with Gasteiger partial charge in [-0.3, -0.25) is 14.5 Å². The Morgan fingerprint density at radius 1 is 0.918 bits per heavy atom. The van der Waals surface area contributed by atoms with E-state index in [-0.39, 0.29) is 36.9 Å². The summed E-state index contributed by atoms with van der Waals surface area (Å²) >= 11 is 0. The number of carbonyl (C=O) groups is 4. The summed E-state index contributed by atoms with van der Waals surface area (Å²) in [7, 11) is 2.41. The van der Waals surface area contributed by atoms with E-state index in [0.717, 1.165) is 52.8 Å². The van der Waals surface area contributed by atoms with Gasteiger partial charge in [0.1, 0.15) is 29.8 Å². The van der Waals surface area contributed by atoms with Crippen LogP contribution in [0.2, 0.25) is 0 Å². The van der Waals surface area contributed by atoms with Gasteiger partial charge in [-0.1, -0.05) is 63.8 Å². The number of benzene rings is 2. The lowest BCUT2D eigenvalue weighted by Gasteiger charge is -2.30. The molecular formula is C43H52F3N9O6. The quantitative estimate of drug-likeness (QED) is 0.107. The van der Waals surface area contributed by atoms with Gasteiger partial charge in [-0.05, 0) is 66.1 Å². The van der Waals surface area contributed by atoms with Crippen LogP contribution in [0, 0.1) is 23.7 Å². The number of amidine groups is 1. The summed E-state index contributed by atoms with van der Waals surface area (Å²) in [5, 5.41) is 5.13. The van der Waals surface area contributed by atoms with Gasteiger partial charge in [0, 0.05) is 30.4 Å². The molecule has 4 atom stereocenters. The Bertz CT molecular complexity index is 2140. The first-order valence-electron chi connectivity index (χ1n) is 19.8. The fraction of sp³-hybridized carbons (Fsp3) is 0.442. The van der Waals surface area contributed by atoms with Crippen LogP contribution in [0.3, 0.4) is 0 Å². The number of nitrogens with two attached hydrogens (primary N) is 1. The number of H-pyrrole nitrogens is 1. The smallest absolute Gasteiger partial charge is 0.407 e. The number of halogens is 3. The number of likely N-dealkylation sites (tertiary alicyclic amines) is 1. The highest BCUT2D eigenvalue weighted by Gasteiger charge is 2.43. The Balaban J connectivity index is 1.21. The highest BCUT2D eigenvalue weighted by atomic mass is 19.4. The SMILES string of the molecule is COC(=O)N[C@H](C(=O)N1CN(CC(F)(F)F)C[C@H]1C(N)=N/C=C/c1ccc(C#Cc2ccc(-c3cnc([C@@H]4CCCN4C(=O)[C@@H](NC(=O)OC)C(C)C)[nH]3)cc2)cc1)C(C)C. The molecule has 2 saturated heterocycles. The predicted octanol–water partition coefficient (Wildman–Crippen LogP) is 5.26. The molecular weight excluding hydrogens is 796 g/mol. The molecule has 15 nitrogen and oxygen atoms in total. The molecule has 18 heteroatoms. The number of imidazole rings is 1. The van der Waals surface area contributed by atoms with Crippen molar-refractivity contribution in [3.05, 3.63) is 83.4 Å². The van der Waals surface area contributed by atoms with Crippen LogP contribution in [-0.4, -0.2) is 119 Å². The van der Waals surface area contributed by atoms with Crippen molar-refractivity contribution in [1.29, 1.82) is 0 Å². The van der Waals surface area contributed by atoms with Crippen LogP contribution in [0.25, 0.3) is 17.3 Å². The van der Waals surface area contributed by atoms with Gasteiger partial charge in [-0.25, -0.2) is 19.6 Å². The number of aliphatic imine (C=N–C) groups is 1. The third kappa shape index (κ3) is 12.1. The van der Waals surface area contributed by atoms with Crippen LogP contribution in [0.5, 0.6) is 0 Å². The second-order valence-corrected chi connectivity index (χ2v) is 15.5. The average Bonchev–Trinajstić information content (AvgIpc) is 4.01. The van der Waals surface area contributed by atoms with Gasteiger partial charge in [-0.2, -0.15) is 13.2 Å². The number of alkyl carbamates (subject to hydrolysis) is 2. The van der Waals surface area contributed by atoms with Crippen LogP contribution >= 0.6 is 0 Å². The number of ether oxygens (including phenoxy) is 2. The van der Waals surface area contributed by atoms with E-state index in [1.807, 2.05) is 62.4 Å². The zero-order chi connectivity index (χ0) is 44.4. The largest absolute Gasteiger partial charge is 0.453 e. The predicted molar refractivity (Wildman–Crippen MR) is 222 cm³/mol. The third-order valence-corrected chi connectivity index (χ3v) is 10.4. The van der Waals surface area contributed by atoms with Gasteiger partial charge in [0.05, 0.1) is 45.4 Å². The Labute approximate surface area is 352 Å². The van der Waals surface area contributed by atoms with E-state index in [9.17, 15) is 32.3 Å². The van der Waals surface area contributed by atoms with E-state index < -0.39 is 54.9 Å². The summed E-state index contributed by atoms with van der Waals surface area (Å²) in [4.78, 5) is 67.1. The molecule has 0 aliphatic carbocycles. The maximum Gasteiger partial charge on any atom is 0.407 e. The molecule has 0 unspecified atom stereocenters. The number of hydrogen-bond acceptors (Lipinski definition) is 9. The first-order valence-corrected chi connectivity index (χ1v) is 19.8. The molecule has 61 heavy (non-hydrogen) atoms. The van der Waals surface area contributed by atoms with Crippen LogP contribution in [0.1, 0.15) is 69.1 Å². The minimum Gasteiger partial charge on any atom is -0.453 e. The van der Waals surface area contributed by atoms with Crippen molar-refractivity contribution in [3.63, 3.8) is 0 Å². The van der Waals surface area contributed by atoms with Crippen molar-refractivity contribution >= 4 is 35.9 Å². The Morgan fingerprint density at radius 3 is 2.02 bits per heavy atom. The molecule has 2 aromatic carbocycles. The Hall–Kier alpha value is -6.35. The van der Waals surface area contributed by atoms with E-state index >= 15 is 0 Å². The van der Waals surface area contributed by atoms with Gasteiger partial charge in [0.2, 0.25) is 11.8 Å². The summed E-state index contributed by atoms with van der Waals surface area (Å²) in [6.45, 7) is 5.90. The zero-order valence-electron chi connectivity index (χ0n) is 35.0. The Morgan fingerprint density at radius 2 is 1.48 bits per heavy atom. The second-order valence-electron chi connectivity index (χ2n) is 15.5. The first-order chi connectivity index (χ1) is 29.0. The van der Waals surface area contributed by atoms with E-state index in [2.05, 4.69) is 42.2 Å². The van der Waals surface area contributed by atoms with Gasteiger partial charge in [-0.15, -0.1) is 0 Å². The van der Waals surface area contributed by atoms with Crippen LogP contribution in [0.4, 0.5) is 22.8 Å². The van der Waals surface area contributed by atoms with E-state index in [1.54, 1.807) is 31.0 Å². The van der Waals surface area contributed by atoms with Crippen molar-refractivity contribution in [2.24, 2.45) is 22.6 Å². The lowest BCUT2D eigenvalue weighted by Crippen LogP contribution is -2.55. The molecule has 2 aliphatic rings. The third-order valence-electron chi connectivity index (χ3n) is 10.4. The van der Waals surface area contributed by atoms with Gasteiger partial charge in [0.15, 0.2) is 0 Å². The fourth-order valence-corrected chi connectivity index (χ4v) is 7.13. The number of hydrogen-bond donors (Lipinski definition) is 4. The maximum absolute atomic E-state index is 13.5. The fourth-order valence-electron chi connectivity index (χ4n) is 7.13. The van der Waals surface area contributed by atoms with Crippen molar-refractivity contribution in [3.8, 4) is 23.1 Å². The number of amides is 4. The Kier molecular flexibility index (Phi) is 15.2. The van der Waals surface area contributed by atoms with Crippen molar-refractivity contribution in [2.45, 2.75) is 70.9 Å². The summed E-state index contributed by atoms with van der Waals surface area (Å²) in [5.41, 5.74) is 10.3. The normalized spacial score (nSPS) is 18.2. The van der Waals surface area contributed by atoms with Gasteiger partial charge >= 0.3 is 18.4 Å². The van der Waals surface area contributed by atoms with E-state index in [0.29, 0.717) is 12.4 Å². The summed E-state index contributed by atoms with van der Waals surface area (Å²) < 4.78 is 49.3. The van der Waals surface area contributed by atoms with Gasteiger partial charge in [0.25, 0.3) is 0 Å². The lowest BCUT2D eigenvalue weighted by atomic mass is 10.0. The standard InChI is InChI=1S/C43H52F3N9O6/c1-26(2)35(51-41(58)60-5)39(56)54-21-7-8-33(54)38-49-22-32(50-38)31-17-15-29(16-18-31)10-9-28-11-13-30(14-12-28)19-20-48-37(47)34-23-53(24-43(44,45)46)25-55(34)40(57)36(27(3)4)52-42(59)61-6/h11-20,22,26-27,33-36H,7-8,21,23-25H2,1-6H3,(H2,47,48)(H,49,50)(H,51,58)(H,52,59)/b20-19+/t33-,34-,35-,36-/m0/s1. The maximum atomic E-state index is 13.5. The number of aromatic amines is 1. The zero-order valence-corrected chi connectivity index (χ0v) is 35.0. The summed E-state index contributed by atoms with van der Waals surface area (Å²) in [6.07, 6.45) is 0.387. The number of aromatic nitrogens is 2. The molecule has 5 rings (SSSR count). The second kappa shape index (κ2) is 20.3. The molecule has 326 valence electrons. The number of carbonyl (C=O) groups excluding carboxylic acids is 4. The van der Waals surface area contributed by atoms with Crippen molar-refractivity contribution in [2.75, 3.05) is 40.5 Å². The monoisotopic (exact) mass is 847 g/mol. The minimum atomic E-state index is -4.50. The van der Waals surface area contributed by atoms with Crippen LogP contribution < -0.4 is 16.4 Å². The topological polar surface area (TPSA) is 188 Å². The lowest BCUT2D eigenvalue weighted by molar-refractivity contribution is -0.148. The number of nitrogens with one attached hydrogen (secondary N) is 3. The van der Waals surface area contributed by atoms with Gasteiger partial charge < -0.3 is 40.6 Å². The molecule has 0 saturated carbocycles. The molecule has 3 heterocycles. The molecule has 0 spiro atoms. The molecule has 0 bridgehead atoms. The number of rotatable bonds is 12. The molecule has 1 aromatic heterocycles. The van der Waals surface area contributed by atoms with Crippen LogP contribution in [-0.2, 0) is 19.1 Å². The average molecular weight is 848 g/mol. The molecule has 5 N–H and O–H groups in total. The highest BCUT2D eigenvalue weighted by molar-refractivity contribution is 5.94. The molecule has 0 radical (unpaired) electrons. The van der Waals surface area contributed by atoms with Crippen molar-refractivity contribution < 1.29 is 41.8 Å². The molecule has 4 amide bonds. The van der Waals surface area contributed by atoms with E-state index in [4.69, 9.17) is 10.5 Å². The molecule has 2 fully saturated rings. The number of methoxy groups -OCH3 is 2. The number of nitrogens with zero attached hydrogens (tertiary/aromatic N) is 5. The minimum absolute atomic E-state index is 0.0603. The summed E-state index contributed by atoms with van der Waals surface area (Å²) in [6, 6.07) is 12.0. The van der Waals surface area contributed by atoms with E-state index in [1.165, 1.54) is 18.2 Å². The van der Waals surface area contributed by atoms with Crippen molar-refractivity contribution in [1.82, 2.24) is 35.3 Å². The van der Waals surface area contributed by atoms with Crippen LogP contribution in [0.15, 0.2) is 65.9 Å². The first kappa shape index (κ1) is 45.7. The number of alkyl halides is 3. The summed E-state index contributed by atoms with van der Waals surface area (Å²) in [5.74, 6) is 5.62.